The van der Waals surface area contributed by atoms with Gasteiger partial charge >= 0.3 is 0 Å². The van der Waals surface area contributed by atoms with Gasteiger partial charge < -0.3 is 9.64 Å². The number of rotatable bonds is 5. The predicted octanol–water partition coefficient (Wildman–Crippen LogP) is 2.27. The van der Waals surface area contributed by atoms with E-state index in [-0.39, 0.29) is 11.8 Å². The molecule has 7 heteroatoms. The van der Waals surface area contributed by atoms with E-state index < -0.39 is 5.60 Å². The fourth-order valence-corrected chi connectivity index (χ4v) is 4.73. The van der Waals surface area contributed by atoms with Crippen molar-refractivity contribution in [1.82, 2.24) is 24.8 Å². The zero-order valence-corrected chi connectivity index (χ0v) is 17.3. The molecule has 2 atom stereocenters. The topological polar surface area (TPSA) is 71.5 Å². The molecule has 7 nitrogen and oxygen atoms in total. The molecule has 0 aliphatic carbocycles. The number of morpholine rings is 1. The summed E-state index contributed by atoms with van der Waals surface area (Å²) in [5, 5.41) is 0. The maximum atomic E-state index is 13.9. The van der Waals surface area contributed by atoms with Crippen LogP contribution < -0.4 is 0 Å². The summed E-state index contributed by atoms with van der Waals surface area (Å²) in [7, 11) is 0. The lowest BCUT2D eigenvalue weighted by atomic mass is 9.83. The maximum absolute atomic E-state index is 13.9. The Balaban J connectivity index is 1.45. The van der Waals surface area contributed by atoms with E-state index in [0.717, 1.165) is 24.2 Å². The quantitative estimate of drug-likeness (QED) is 0.637. The third-order valence-electron chi connectivity index (χ3n) is 6.20. The number of hydrogen-bond donors (Lipinski definition) is 0. The van der Waals surface area contributed by atoms with Crippen LogP contribution in [-0.4, -0.2) is 62.5 Å². The van der Waals surface area contributed by atoms with Crippen LogP contribution in [0.5, 0.6) is 0 Å². The number of likely N-dealkylation sites (tertiary alicyclic amines) is 1. The van der Waals surface area contributed by atoms with Crippen LogP contribution in [0.2, 0.25) is 0 Å². The molecule has 3 aromatic rings. The van der Waals surface area contributed by atoms with Gasteiger partial charge in [-0.1, -0.05) is 6.07 Å². The van der Waals surface area contributed by atoms with Crippen molar-refractivity contribution in [2.24, 2.45) is 0 Å². The molecule has 3 aromatic heterocycles. The van der Waals surface area contributed by atoms with Crippen molar-refractivity contribution in [3.63, 3.8) is 0 Å². The Morgan fingerprint density at radius 3 is 2.32 bits per heavy atom. The van der Waals surface area contributed by atoms with Crippen molar-refractivity contribution in [2.75, 3.05) is 26.2 Å². The molecular formula is C24H25N5O2. The van der Waals surface area contributed by atoms with Crippen LogP contribution in [-0.2, 0) is 22.6 Å². The van der Waals surface area contributed by atoms with Gasteiger partial charge in [0.2, 0.25) is 0 Å². The molecule has 2 aliphatic heterocycles. The summed E-state index contributed by atoms with van der Waals surface area (Å²) in [6.07, 6.45) is 10.8. The summed E-state index contributed by atoms with van der Waals surface area (Å²) in [5.74, 6) is -0.0163. The van der Waals surface area contributed by atoms with Crippen molar-refractivity contribution in [2.45, 2.75) is 24.6 Å². The molecule has 0 unspecified atom stereocenters. The average molecular weight is 415 g/mol. The van der Waals surface area contributed by atoms with Gasteiger partial charge in [-0.05, 0) is 47.0 Å². The maximum Gasteiger partial charge on any atom is 0.257 e. The van der Waals surface area contributed by atoms with Gasteiger partial charge in [-0.3, -0.25) is 24.6 Å². The number of amides is 1. The lowest BCUT2D eigenvalue weighted by Gasteiger charge is -2.42. The summed E-state index contributed by atoms with van der Waals surface area (Å²) >= 11 is 0. The number of pyridine rings is 3. The van der Waals surface area contributed by atoms with Crippen molar-refractivity contribution in [3.05, 3.63) is 90.3 Å². The first-order valence-electron chi connectivity index (χ1n) is 10.6. The Hall–Kier alpha value is -3.16. The van der Waals surface area contributed by atoms with E-state index in [1.54, 1.807) is 31.0 Å². The van der Waals surface area contributed by atoms with Crippen molar-refractivity contribution in [3.8, 4) is 0 Å². The van der Waals surface area contributed by atoms with Crippen LogP contribution in [0.15, 0.2) is 73.6 Å². The van der Waals surface area contributed by atoms with Gasteiger partial charge in [-0.15, -0.1) is 0 Å². The molecule has 1 spiro atoms. The molecule has 0 saturated carbocycles. The van der Waals surface area contributed by atoms with E-state index in [1.807, 2.05) is 47.5 Å². The number of nitrogens with zero attached hydrogens (tertiary/aromatic N) is 5. The van der Waals surface area contributed by atoms with E-state index in [1.165, 1.54) is 5.56 Å². The lowest BCUT2D eigenvalue weighted by Crippen LogP contribution is -2.59. The Morgan fingerprint density at radius 2 is 1.65 bits per heavy atom. The molecule has 158 valence electrons. The standard InChI is InChI=1S/C24H25N5O2/c30-23-24(31-13-12-29(23)16-20-5-10-26-11-6-20)18-28(15-19-3-8-25-9-4-19)17-22(24)21-2-1-7-27-14-21/h1-11,14,22H,12-13,15-18H2/t22-,24-/m1/s1. The van der Waals surface area contributed by atoms with E-state index in [9.17, 15) is 4.79 Å². The fraction of sp³-hybridized carbons (Fsp3) is 0.333. The highest BCUT2D eigenvalue weighted by molar-refractivity contribution is 5.88. The third kappa shape index (κ3) is 3.94. The molecule has 0 bridgehead atoms. The van der Waals surface area contributed by atoms with Gasteiger partial charge in [0.25, 0.3) is 5.91 Å². The zero-order chi connectivity index (χ0) is 21.1. The van der Waals surface area contributed by atoms with Crippen molar-refractivity contribution in [1.29, 1.82) is 0 Å². The molecule has 5 rings (SSSR count). The Labute approximate surface area is 181 Å². The van der Waals surface area contributed by atoms with Crippen LogP contribution in [0.3, 0.4) is 0 Å². The summed E-state index contributed by atoms with van der Waals surface area (Å²) < 4.78 is 6.36. The highest BCUT2D eigenvalue weighted by Crippen LogP contribution is 2.42. The van der Waals surface area contributed by atoms with Crippen LogP contribution in [0.1, 0.15) is 22.6 Å². The number of carbonyl (C=O) groups excluding carboxylic acids is 1. The molecule has 2 aliphatic rings. The van der Waals surface area contributed by atoms with Gasteiger partial charge in [-0.25, -0.2) is 0 Å². The highest BCUT2D eigenvalue weighted by Gasteiger charge is 2.56. The predicted molar refractivity (Wildman–Crippen MR) is 115 cm³/mol. The van der Waals surface area contributed by atoms with Crippen LogP contribution in [0.4, 0.5) is 0 Å². The second-order valence-corrected chi connectivity index (χ2v) is 8.18. The largest absolute Gasteiger partial charge is 0.361 e. The molecule has 0 aromatic carbocycles. The third-order valence-corrected chi connectivity index (χ3v) is 6.20. The van der Waals surface area contributed by atoms with Crippen LogP contribution in [0, 0.1) is 0 Å². The average Bonchev–Trinajstić information content (AvgIpc) is 3.17. The molecular weight excluding hydrogens is 390 g/mol. The molecule has 2 fully saturated rings. The minimum absolute atomic E-state index is 0.0571. The summed E-state index contributed by atoms with van der Waals surface area (Å²) in [4.78, 5) is 30.6. The van der Waals surface area contributed by atoms with Crippen molar-refractivity contribution >= 4 is 5.91 Å². The summed E-state index contributed by atoms with van der Waals surface area (Å²) in [5.41, 5.74) is 2.39. The highest BCUT2D eigenvalue weighted by atomic mass is 16.5. The van der Waals surface area contributed by atoms with Gasteiger partial charge in [0.05, 0.1) is 6.61 Å². The van der Waals surface area contributed by atoms with E-state index in [4.69, 9.17) is 4.74 Å². The molecule has 5 heterocycles. The Kier molecular flexibility index (Phi) is 5.44. The summed E-state index contributed by atoms with van der Waals surface area (Å²) in [6, 6.07) is 11.9. The van der Waals surface area contributed by atoms with Gasteiger partial charge in [0.15, 0.2) is 5.60 Å². The van der Waals surface area contributed by atoms with Crippen LogP contribution in [0.25, 0.3) is 0 Å². The smallest absolute Gasteiger partial charge is 0.257 e. The lowest BCUT2D eigenvalue weighted by molar-refractivity contribution is -0.173. The second-order valence-electron chi connectivity index (χ2n) is 8.18. The molecule has 0 radical (unpaired) electrons. The SMILES string of the molecule is O=C1N(Cc2ccncc2)CCO[C@@]12CN(Cc1ccncc1)C[C@@H]2c1cccnc1. The number of ether oxygens (including phenoxy) is 1. The van der Waals surface area contributed by atoms with Gasteiger partial charge in [-0.2, -0.15) is 0 Å². The zero-order valence-electron chi connectivity index (χ0n) is 17.3. The molecule has 0 N–H and O–H groups in total. The second kappa shape index (κ2) is 8.53. The summed E-state index contributed by atoms with van der Waals surface area (Å²) in [6.45, 7) is 3.73. The fourth-order valence-electron chi connectivity index (χ4n) is 4.73. The normalized spacial score (nSPS) is 24.1. The molecule has 2 saturated heterocycles. The minimum atomic E-state index is -0.901. The van der Waals surface area contributed by atoms with Gasteiger partial charge in [0, 0.05) is 75.8 Å². The number of carbonyl (C=O) groups is 1. The van der Waals surface area contributed by atoms with E-state index in [0.29, 0.717) is 26.2 Å². The van der Waals surface area contributed by atoms with E-state index in [2.05, 4.69) is 19.9 Å². The van der Waals surface area contributed by atoms with Crippen molar-refractivity contribution < 1.29 is 9.53 Å². The van der Waals surface area contributed by atoms with Crippen LogP contribution >= 0.6 is 0 Å². The van der Waals surface area contributed by atoms with E-state index >= 15 is 0 Å². The minimum Gasteiger partial charge on any atom is -0.361 e. The van der Waals surface area contributed by atoms with Gasteiger partial charge in [0.1, 0.15) is 0 Å². The molecule has 1 amide bonds. The number of hydrogen-bond acceptors (Lipinski definition) is 6. The first kappa shape index (κ1) is 19.8. The number of aromatic nitrogens is 3. The Morgan fingerprint density at radius 1 is 0.935 bits per heavy atom. The monoisotopic (exact) mass is 415 g/mol. The first-order valence-corrected chi connectivity index (χ1v) is 10.6. The Bertz CT molecular complexity index is 1020. The molecule has 31 heavy (non-hydrogen) atoms. The first-order chi connectivity index (χ1) is 15.2.